The van der Waals surface area contributed by atoms with Crippen molar-refractivity contribution < 1.29 is 24.2 Å². The number of allylic oxidation sites excluding steroid dienone is 1. The standard InChI is InChI=1S/C20H23NO5/c1-12-17(20(24)26-11-10-25-2)18(13-6-8-14(22)9-7-13)19-15(21-12)4-3-5-16(19)23/h6-9,18-19,22H,3-5,10-11H2,1-2H3. The maximum Gasteiger partial charge on any atom is 0.336 e. The number of aromatic hydroxyl groups is 1. The van der Waals surface area contributed by atoms with Gasteiger partial charge >= 0.3 is 5.97 Å². The third-order valence-corrected chi connectivity index (χ3v) is 4.90. The van der Waals surface area contributed by atoms with E-state index in [0.29, 0.717) is 24.3 Å². The number of fused-ring (bicyclic) bond motifs is 1. The molecule has 138 valence electrons. The second kappa shape index (κ2) is 7.83. The van der Waals surface area contributed by atoms with Crippen molar-refractivity contribution in [1.29, 1.82) is 0 Å². The SMILES string of the molecule is COCCOC(=O)C1=C(C)N=C2CCCC(=O)C2C1c1ccc(O)cc1. The Morgan fingerprint density at radius 3 is 2.62 bits per heavy atom. The van der Waals surface area contributed by atoms with Gasteiger partial charge < -0.3 is 14.6 Å². The molecule has 6 nitrogen and oxygen atoms in total. The molecule has 26 heavy (non-hydrogen) atoms. The Morgan fingerprint density at radius 2 is 1.92 bits per heavy atom. The maximum absolute atomic E-state index is 12.7. The molecule has 0 radical (unpaired) electrons. The summed E-state index contributed by atoms with van der Waals surface area (Å²) in [6.45, 7) is 2.23. The number of esters is 1. The van der Waals surface area contributed by atoms with E-state index in [1.54, 1.807) is 31.2 Å². The number of Topliss-reactive ketones (excluding diaryl/α,β-unsaturated/α-hetero) is 1. The minimum Gasteiger partial charge on any atom is -0.508 e. The van der Waals surface area contributed by atoms with Crippen LogP contribution in [-0.4, -0.2) is 42.9 Å². The molecule has 1 aliphatic carbocycles. The van der Waals surface area contributed by atoms with Gasteiger partial charge in [-0.15, -0.1) is 0 Å². The molecule has 2 unspecified atom stereocenters. The molecule has 1 saturated carbocycles. The van der Waals surface area contributed by atoms with Crippen LogP contribution in [0.4, 0.5) is 0 Å². The molecule has 6 heteroatoms. The molecule has 3 rings (SSSR count). The summed E-state index contributed by atoms with van der Waals surface area (Å²) in [5.41, 5.74) is 2.64. The highest BCUT2D eigenvalue weighted by molar-refractivity contribution is 6.11. The highest BCUT2D eigenvalue weighted by Gasteiger charge is 2.43. The molecular weight excluding hydrogens is 334 g/mol. The van der Waals surface area contributed by atoms with Gasteiger partial charge in [0.2, 0.25) is 0 Å². The number of aliphatic imine (C=N–C) groups is 1. The van der Waals surface area contributed by atoms with Crippen LogP contribution < -0.4 is 0 Å². The zero-order valence-corrected chi connectivity index (χ0v) is 15.0. The van der Waals surface area contributed by atoms with E-state index in [1.807, 2.05) is 0 Å². The summed E-state index contributed by atoms with van der Waals surface area (Å²) in [6, 6.07) is 6.63. The summed E-state index contributed by atoms with van der Waals surface area (Å²) in [4.78, 5) is 30.0. The average molecular weight is 357 g/mol. The molecule has 2 aliphatic rings. The van der Waals surface area contributed by atoms with Crippen molar-refractivity contribution in [3.05, 3.63) is 41.1 Å². The van der Waals surface area contributed by atoms with Gasteiger partial charge in [-0.1, -0.05) is 12.1 Å². The molecule has 1 N–H and O–H groups in total. The van der Waals surface area contributed by atoms with Crippen LogP contribution in [0.25, 0.3) is 0 Å². The van der Waals surface area contributed by atoms with Crippen molar-refractivity contribution in [3.63, 3.8) is 0 Å². The van der Waals surface area contributed by atoms with Gasteiger partial charge in [0.15, 0.2) is 0 Å². The quantitative estimate of drug-likeness (QED) is 0.647. The number of ketones is 1. The maximum atomic E-state index is 12.7. The Morgan fingerprint density at radius 1 is 1.19 bits per heavy atom. The number of rotatable bonds is 5. The third-order valence-electron chi connectivity index (χ3n) is 4.90. The Hall–Kier alpha value is -2.47. The van der Waals surface area contributed by atoms with Crippen LogP contribution in [0.5, 0.6) is 5.75 Å². The molecule has 1 heterocycles. The molecule has 2 atom stereocenters. The van der Waals surface area contributed by atoms with Crippen LogP contribution in [0.3, 0.4) is 0 Å². The molecule has 0 saturated heterocycles. The zero-order valence-electron chi connectivity index (χ0n) is 15.0. The molecule has 1 aromatic rings. The number of hydrogen-bond donors (Lipinski definition) is 1. The van der Waals surface area contributed by atoms with E-state index in [1.165, 1.54) is 7.11 Å². The van der Waals surface area contributed by atoms with Gasteiger partial charge in [-0.2, -0.15) is 0 Å². The molecule has 1 aliphatic heterocycles. The van der Waals surface area contributed by atoms with Gasteiger partial charge in [-0.25, -0.2) is 4.79 Å². The lowest BCUT2D eigenvalue weighted by Gasteiger charge is -2.35. The molecule has 1 fully saturated rings. The van der Waals surface area contributed by atoms with Crippen LogP contribution in [0.2, 0.25) is 0 Å². The first kappa shape index (κ1) is 18.3. The van der Waals surface area contributed by atoms with Gasteiger partial charge in [0.05, 0.1) is 18.1 Å². The number of nitrogens with zero attached hydrogens (tertiary/aromatic N) is 1. The second-order valence-electron chi connectivity index (χ2n) is 6.60. The predicted molar refractivity (Wildman–Crippen MR) is 96.2 cm³/mol. The van der Waals surface area contributed by atoms with E-state index in [0.717, 1.165) is 24.1 Å². The number of carbonyl (C=O) groups is 2. The fraction of sp³-hybridized carbons (Fsp3) is 0.450. The number of phenols is 1. The van der Waals surface area contributed by atoms with Gasteiger partial charge in [-0.05, 0) is 37.5 Å². The van der Waals surface area contributed by atoms with Crippen molar-refractivity contribution in [2.75, 3.05) is 20.3 Å². The first-order chi connectivity index (χ1) is 12.5. The van der Waals surface area contributed by atoms with E-state index in [9.17, 15) is 14.7 Å². The van der Waals surface area contributed by atoms with E-state index < -0.39 is 17.8 Å². The first-order valence-electron chi connectivity index (χ1n) is 8.79. The van der Waals surface area contributed by atoms with Gasteiger partial charge in [0.25, 0.3) is 0 Å². The monoisotopic (exact) mass is 357 g/mol. The summed E-state index contributed by atoms with van der Waals surface area (Å²) in [5.74, 6) is -1.12. The minimum absolute atomic E-state index is 0.0998. The van der Waals surface area contributed by atoms with Gasteiger partial charge in [0, 0.05) is 30.9 Å². The normalized spacial score (nSPS) is 22.7. The lowest BCUT2D eigenvalue weighted by Crippen LogP contribution is -2.39. The number of methoxy groups -OCH3 is 1. The van der Waals surface area contributed by atoms with Crippen molar-refractivity contribution in [1.82, 2.24) is 0 Å². The smallest absolute Gasteiger partial charge is 0.336 e. The van der Waals surface area contributed by atoms with Crippen LogP contribution >= 0.6 is 0 Å². The molecule has 0 bridgehead atoms. The molecule has 1 aromatic carbocycles. The molecule has 0 aromatic heterocycles. The molecule has 0 amide bonds. The summed E-state index contributed by atoms with van der Waals surface area (Å²) in [6.07, 6.45) is 2.04. The minimum atomic E-state index is -0.473. The topological polar surface area (TPSA) is 85.2 Å². The number of phenolic OH excluding ortho intramolecular Hbond substituents is 1. The van der Waals surface area contributed by atoms with Crippen LogP contribution in [0.15, 0.2) is 40.5 Å². The molecule has 0 spiro atoms. The predicted octanol–water partition coefficient (Wildman–Crippen LogP) is 2.76. The highest BCUT2D eigenvalue weighted by Crippen LogP contribution is 2.43. The van der Waals surface area contributed by atoms with Crippen molar-refractivity contribution in [3.8, 4) is 5.75 Å². The number of benzene rings is 1. The Balaban J connectivity index is 2.03. The fourth-order valence-corrected chi connectivity index (χ4v) is 3.72. The van der Waals surface area contributed by atoms with E-state index >= 15 is 0 Å². The summed E-state index contributed by atoms with van der Waals surface area (Å²) in [7, 11) is 1.54. The van der Waals surface area contributed by atoms with Crippen LogP contribution in [-0.2, 0) is 19.1 Å². The number of hydrogen-bond acceptors (Lipinski definition) is 6. The van der Waals surface area contributed by atoms with Crippen molar-refractivity contribution in [2.24, 2.45) is 10.9 Å². The van der Waals surface area contributed by atoms with Gasteiger partial charge in [0.1, 0.15) is 18.1 Å². The number of ether oxygens (including phenoxy) is 2. The van der Waals surface area contributed by atoms with E-state index in [4.69, 9.17) is 9.47 Å². The largest absolute Gasteiger partial charge is 0.508 e. The Bertz CT molecular complexity index is 763. The third kappa shape index (κ3) is 3.55. The van der Waals surface area contributed by atoms with Crippen molar-refractivity contribution >= 4 is 17.5 Å². The second-order valence-corrected chi connectivity index (χ2v) is 6.60. The zero-order chi connectivity index (χ0) is 18.7. The summed E-state index contributed by atoms with van der Waals surface area (Å²) in [5, 5.41) is 9.60. The molecular formula is C20H23NO5. The lowest BCUT2D eigenvalue weighted by atomic mass is 9.69. The van der Waals surface area contributed by atoms with Crippen LogP contribution in [0.1, 0.15) is 37.7 Å². The van der Waals surface area contributed by atoms with E-state index in [2.05, 4.69) is 4.99 Å². The first-order valence-corrected chi connectivity index (χ1v) is 8.79. The average Bonchev–Trinajstić information content (AvgIpc) is 2.61. The Kier molecular flexibility index (Phi) is 5.52. The summed E-state index contributed by atoms with van der Waals surface area (Å²) >= 11 is 0. The van der Waals surface area contributed by atoms with Crippen molar-refractivity contribution in [2.45, 2.75) is 32.1 Å². The van der Waals surface area contributed by atoms with Gasteiger partial charge in [-0.3, -0.25) is 9.79 Å². The number of carbonyl (C=O) groups excluding carboxylic acids is 2. The Labute approximate surface area is 152 Å². The van der Waals surface area contributed by atoms with E-state index in [-0.39, 0.29) is 18.1 Å². The van der Waals surface area contributed by atoms with Crippen LogP contribution in [0, 0.1) is 5.92 Å². The summed E-state index contributed by atoms with van der Waals surface area (Å²) < 4.78 is 10.3. The fourth-order valence-electron chi connectivity index (χ4n) is 3.72. The lowest BCUT2D eigenvalue weighted by molar-refractivity contribution is -0.140. The highest BCUT2D eigenvalue weighted by atomic mass is 16.6.